The van der Waals surface area contributed by atoms with Gasteiger partial charge in [-0.25, -0.2) is 0 Å². The molecule has 6 N–H and O–H groups in total. The first kappa shape index (κ1) is 24.4. The van der Waals surface area contributed by atoms with Crippen molar-refractivity contribution in [3.63, 3.8) is 0 Å². The van der Waals surface area contributed by atoms with Gasteiger partial charge in [-0.2, -0.15) is 0 Å². The minimum Gasteiger partial charge on any atom is -1.00 e. The van der Waals surface area contributed by atoms with Gasteiger partial charge in [-0.15, -0.1) is 0 Å². The third-order valence-electron chi connectivity index (χ3n) is 1.81. The topological polar surface area (TPSA) is 55.3 Å². The molecule has 0 bridgehead atoms. The van der Waals surface area contributed by atoms with Gasteiger partial charge in [-0.05, 0) is 76.5 Å². The van der Waals surface area contributed by atoms with E-state index in [-0.39, 0.29) is 58.3 Å². The second-order valence-corrected chi connectivity index (χ2v) is 3.50. The number of quaternary nitrogens is 2. The highest BCUT2D eigenvalue weighted by atomic mass is 35.5. The van der Waals surface area contributed by atoms with Crippen LogP contribution in [0.5, 0.6) is 0 Å². The molecule has 0 aromatic rings. The maximum absolute atomic E-state index is 3.89. The summed E-state index contributed by atoms with van der Waals surface area (Å²) in [7, 11) is 0. The predicted octanol–water partition coefficient (Wildman–Crippen LogP) is -1.87. The van der Waals surface area contributed by atoms with Crippen LogP contribution in [-0.4, -0.2) is 12.1 Å². The van der Waals surface area contributed by atoms with Gasteiger partial charge in [0, 0.05) is 27.5 Å². The Bertz CT molecular complexity index is 866. The van der Waals surface area contributed by atoms with E-state index in [1.165, 1.54) is 0 Å². The van der Waals surface area contributed by atoms with E-state index < -0.39 is 0 Å². The molecule has 0 rings (SSSR count). The highest BCUT2D eigenvalue weighted by molar-refractivity contribution is 4.94. The quantitative estimate of drug-likeness (QED) is 0.543. The van der Waals surface area contributed by atoms with Gasteiger partial charge in [0.1, 0.15) is 6.04 Å². The van der Waals surface area contributed by atoms with Crippen molar-refractivity contribution in [2.45, 2.75) is 19.0 Å². The number of rotatable bonds is 2. The molecular weight excluding hydrogens is 315 g/mol. The van der Waals surface area contributed by atoms with Gasteiger partial charge in [0.25, 0.3) is 0 Å². The standard InChI is InChI=1S/C18H12N2.2ClH.15H2/c1-3-4-5-6-7-8-9-10-11-12-13-14-15-16-18(20)17(2)19;;;;;;;;;;;;;;;;;/h16-18H,1,19-20H2,2H3;17*1H/t17-,18-;;;;;;;;;;;;;;;;;/m0................./s1. The van der Waals surface area contributed by atoms with Crippen LogP contribution in [0.3, 0.4) is 0 Å². The monoisotopic (exact) mass is 358 g/mol. The third-order valence-corrected chi connectivity index (χ3v) is 1.81. The Kier molecular flexibility index (Phi) is 20.4. The summed E-state index contributed by atoms with van der Waals surface area (Å²) >= 11 is 0. The molecule has 0 aliphatic heterocycles. The zero-order valence-electron chi connectivity index (χ0n) is 12.1. The lowest BCUT2D eigenvalue weighted by Crippen LogP contribution is -3.00. The average molecular weight is 359 g/mol. The molecule has 0 aliphatic carbocycles. The van der Waals surface area contributed by atoms with Crippen molar-refractivity contribution in [2.24, 2.45) is 0 Å². The fourth-order valence-electron chi connectivity index (χ4n) is 0.674. The van der Waals surface area contributed by atoms with E-state index in [0.717, 1.165) is 0 Å². The van der Waals surface area contributed by atoms with Crippen LogP contribution in [0.1, 0.15) is 28.3 Å². The number of halogens is 2. The number of hydrogen-bond acceptors (Lipinski definition) is 0. The van der Waals surface area contributed by atoms with Gasteiger partial charge in [-0.1, -0.05) is 11.5 Å². The first-order valence-corrected chi connectivity index (χ1v) is 5.70. The molecule has 0 radical (unpaired) electrons. The van der Waals surface area contributed by atoms with Crippen molar-refractivity contribution in [3.8, 4) is 0 Å². The Balaban J connectivity index is -0.0000000133. The van der Waals surface area contributed by atoms with E-state index in [9.17, 15) is 0 Å². The van der Waals surface area contributed by atoms with Crippen molar-refractivity contribution in [1.82, 2.24) is 0 Å². The smallest absolute Gasteiger partial charge is 0.163 e. The molecule has 0 aromatic carbocycles. The van der Waals surface area contributed by atoms with Crippen LogP contribution >= 0.6 is 0 Å². The molecule has 4 heteroatoms. The Morgan fingerprint density at radius 2 is 1.14 bits per heavy atom. The van der Waals surface area contributed by atoms with Crippen LogP contribution in [0.15, 0.2) is 87.2 Å². The second kappa shape index (κ2) is 18.4. The zero-order chi connectivity index (χ0) is 15.1. The minimum absolute atomic E-state index is 0. The van der Waals surface area contributed by atoms with Gasteiger partial charge in [0.2, 0.25) is 0 Å². The van der Waals surface area contributed by atoms with Crippen LogP contribution in [0, 0.1) is 0 Å². The predicted molar refractivity (Wildman–Crippen MR) is 107 cm³/mol. The minimum atomic E-state index is 0. The highest BCUT2D eigenvalue weighted by Crippen LogP contribution is 1.79. The van der Waals surface area contributed by atoms with E-state index in [1.807, 2.05) is 6.92 Å². The summed E-state index contributed by atoms with van der Waals surface area (Å²) in [6.07, 6.45) is 1.77. The van der Waals surface area contributed by atoms with Crippen molar-refractivity contribution in [1.29, 1.82) is 0 Å². The zero-order valence-corrected chi connectivity index (χ0v) is 13.6. The van der Waals surface area contributed by atoms with Gasteiger partial charge < -0.3 is 36.3 Å². The highest BCUT2D eigenvalue weighted by Gasteiger charge is 2.09. The third kappa shape index (κ3) is 17.4. The lowest BCUT2D eigenvalue weighted by atomic mass is 10.2. The molecule has 22 heavy (non-hydrogen) atoms. The normalized spacial score (nSPS) is 8.14. The summed E-state index contributed by atoms with van der Waals surface area (Å²) in [4.78, 5) is 0. The van der Waals surface area contributed by atoms with Gasteiger partial charge in [-0.3, -0.25) is 0 Å². The lowest BCUT2D eigenvalue weighted by Gasteiger charge is -2.00. The van der Waals surface area contributed by atoms with Gasteiger partial charge in [0.15, 0.2) is 6.04 Å². The summed E-state index contributed by atoms with van der Waals surface area (Å²) in [6, 6.07) is 0.323. The molecule has 0 aliphatic rings. The molecule has 0 amide bonds. The lowest BCUT2D eigenvalue weighted by molar-refractivity contribution is -0.513. The van der Waals surface area contributed by atoms with E-state index in [2.05, 4.69) is 92.6 Å². The Hall–Kier alpha value is -2.62. The fraction of sp³-hybridized carbons (Fsp3) is 0.167. The van der Waals surface area contributed by atoms with Crippen LogP contribution < -0.4 is 36.3 Å². The second-order valence-electron chi connectivity index (χ2n) is 3.50. The first-order chi connectivity index (χ1) is 9.68. The molecule has 2 nitrogen and oxygen atoms in total. The summed E-state index contributed by atoms with van der Waals surface area (Å²) < 4.78 is 0. The Labute approximate surface area is 165 Å². The summed E-state index contributed by atoms with van der Waals surface area (Å²) in [5.74, 6) is 0. The average Bonchev–Trinajstić information content (AvgIpc) is 2.43. The molecule has 0 fully saturated rings. The van der Waals surface area contributed by atoms with E-state index in [4.69, 9.17) is 0 Å². The largest absolute Gasteiger partial charge is 1.00 e. The van der Waals surface area contributed by atoms with Gasteiger partial charge >= 0.3 is 0 Å². The van der Waals surface area contributed by atoms with Crippen LogP contribution in [0.2, 0.25) is 0 Å². The SMILES string of the molecule is C=C=C=C=C=C=C=C=C=C=C=C=C=C=C[C@H]([NH3+])[C@H](C)[NH3+].[Cl-].[Cl-].[HH].[HH].[HH].[HH].[HH].[HH].[HH].[HH].[HH].[HH].[HH].[HH].[HH].[HH].[HH]. The van der Waals surface area contributed by atoms with E-state index in [1.54, 1.807) is 6.08 Å². The van der Waals surface area contributed by atoms with Crippen molar-refractivity contribution < 1.29 is 57.7 Å². The van der Waals surface area contributed by atoms with Crippen molar-refractivity contribution in [3.05, 3.63) is 87.2 Å². The Morgan fingerprint density at radius 3 is 1.50 bits per heavy atom. The molecule has 140 valence electrons. The molecular formula is C18H44Cl2N2. The van der Waals surface area contributed by atoms with E-state index in [0.29, 0.717) is 0 Å². The Morgan fingerprint density at radius 1 is 0.773 bits per heavy atom. The molecule has 0 saturated carbocycles. The summed E-state index contributed by atoms with van der Waals surface area (Å²) in [5, 5.41) is 0. The molecule has 0 unspecified atom stereocenters. The van der Waals surface area contributed by atoms with Crippen molar-refractivity contribution in [2.75, 3.05) is 0 Å². The van der Waals surface area contributed by atoms with Crippen LogP contribution in [0.4, 0.5) is 0 Å². The molecule has 0 spiro atoms. The van der Waals surface area contributed by atoms with Crippen molar-refractivity contribution >= 4 is 0 Å². The summed E-state index contributed by atoms with van der Waals surface area (Å²) in [6.45, 7) is 5.29. The van der Waals surface area contributed by atoms with Crippen LogP contribution in [0.25, 0.3) is 0 Å². The molecule has 2 atom stereocenters. The first-order valence-electron chi connectivity index (χ1n) is 5.70. The van der Waals surface area contributed by atoms with Crippen LogP contribution in [-0.2, 0) is 0 Å². The fourth-order valence-corrected chi connectivity index (χ4v) is 0.674. The summed E-state index contributed by atoms with van der Waals surface area (Å²) in [5.41, 5.74) is 40.8. The number of hydrogen-bond donors (Lipinski definition) is 2. The maximum atomic E-state index is 3.89. The van der Waals surface area contributed by atoms with Gasteiger partial charge in [0.05, 0.1) is 0 Å². The van der Waals surface area contributed by atoms with E-state index >= 15 is 0 Å². The molecule has 0 saturated heterocycles. The molecule has 0 aromatic heterocycles. The maximum Gasteiger partial charge on any atom is 0.163 e. The molecule has 0 heterocycles.